The zero-order chi connectivity index (χ0) is 15.9. The molecule has 3 heteroatoms. The van der Waals surface area contributed by atoms with Crippen molar-refractivity contribution in [1.29, 1.82) is 0 Å². The molecule has 2 rings (SSSR count). The molecule has 118 valence electrons. The lowest BCUT2D eigenvalue weighted by atomic mass is 9.93. The van der Waals surface area contributed by atoms with Crippen LogP contribution in [-0.2, 0) is 6.42 Å². The highest BCUT2D eigenvalue weighted by atomic mass is 16.5. The van der Waals surface area contributed by atoms with Crippen LogP contribution in [0.15, 0.2) is 54.6 Å². The van der Waals surface area contributed by atoms with E-state index in [-0.39, 0.29) is 12.1 Å². The minimum Gasteiger partial charge on any atom is -0.496 e. The topological polar surface area (TPSA) is 47.3 Å². The number of hydrogen-bond acceptors (Lipinski definition) is 3. The van der Waals surface area contributed by atoms with Crippen LogP contribution in [0.3, 0.4) is 0 Å². The lowest BCUT2D eigenvalue weighted by Gasteiger charge is -2.28. The average Bonchev–Trinajstić information content (AvgIpc) is 2.53. The molecule has 2 aromatic carbocycles. The van der Waals surface area contributed by atoms with Crippen molar-refractivity contribution in [2.75, 3.05) is 7.11 Å². The van der Waals surface area contributed by atoms with Crippen LogP contribution in [-0.4, -0.2) is 19.2 Å². The number of hydrogen-bond donors (Lipinski definition) is 2. The Kier molecular flexibility index (Phi) is 5.99. The van der Waals surface area contributed by atoms with Gasteiger partial charge in [-0.25, -0.2) is 0 Å². The minimum absolute atomic E-state index is 0.0268. The third-order valence-corrected chi connectivity index (χ3v) is 3.75. The van der Waals surface area contributed by atoms with Crippen molar-refractivity contribution >= 4 is 0 Å². The van der Waals surface area contributed by atoms with Gasteiger partial charge in [-0.05, 0) is 23.6 Å². The van der Waals surface area contributed by atoms with Crippen LogP contribution in [0.5, 0.6) is 5.75 Å². The van der Waals surface area contributed by atoms with Gasteiger partial charge in [-0.15, -0.1) is 0 Å². The maximum atomic E-state index is 6.54. The highest BCUT2D eigenvalue weighted by molar-refractivity contribution is 5.34. The van der Waals surface area contributed by atoms with Gasteiger partial charge in [-0.2, -0.15) is 0 Å². The molecule has 0 aliphatic heterocycles. The number of rotatable bonds is 7. The van der Waals surface area contributed by atoms with E-state index in [0.29, 0.717) is 6.04 Å². The maximum absolute atomic E-state index is 6.54. The second-order valence-electron chi connectivity index (χ2n) is 5.89. The molecular formula is C19H26N2O. The SMILES string of the molecule is COc1ccccc1CC(N)C(NC(C)C)c1ccccc1. The van der Waals surface area contributed by atoms with Gasteiger partial charge in [0.2, 0.25) is 0 Å². The van der Waals surface area contributed by atoms with Gasteiger partial charge in [0, 0.05) is 18.1 Å². The average molecular weight is 298 g/mol. The molecular weight excluding hydrogens is 272 g/mol. The Morgan fingerprint density at radius 1 is 1.00 bits per heavy atom. The van der Waals surface area contributed by atoms with Crippen molar-refractivity contribution in [2.24, 2.45) is 5.73 Å². The number of benzene rings is 2. The number of para-hydroxylation sites is 1. The highest BCUT2D eigenvalue weighted by Crippen LogP contribution is 2.24. The molecule has 3 N–H and O–H groups in total. The summed E-state index contributed by atoms with van der Waals surface area (Å²) in [6.07, 6.45) is 0.767. The molecule has 0 radical (unpaired) electrons. The molecule has 0 bridgehead atoms. The van der Waals surface area contributed by atoms with Crippen molar-refractivity contribution in [3.05, 3.63) is 65.7 Å². The van der Waals surface area contributed by atoms with E-state index in [1.807, 2.05) is 24.3 Å². The summed E-state index contributed by atoms with van der Waals surface area (Å²) in [6, 6.07) is 18.9. The van der Waals surface area contributed by atoms with Crippen LogP contribution >= 0.6 is 0 Å². The van der Waals surface area contributed by atoms with E-state index in [9.17, 15) is 0 Å². The molecule has 2 unspecified atom stereocenters. The Balaban J connectivity index is 2.20. The van der Waals surface area contributed by atoms with Crippen molar-refractivity contribution in [1.82, 2.24) is 5.32 Å². The molecule has 2 aromatic rings. The predicted octanol–water partition coefficient (Wildman–Crippen LogP) is 3.30. The number of nitrogens with one attached hydrogen (secondary N) is 1. The number of methoxy groups -OCH3 is 1. The van der Waals surface area contributed by atoms with E-state index >= 15 is 0 Å². The van der Waals surface area contributed by atoms with Crippen LogP contribution in [0, 0.1) is 0 Å². The Morgan fingerprint density at radius 3 is 2.27 bits per heavy atom. The van der Waals surface area contributed by atoms with Crippen molar-refractivity contribution < 1.29 is 4.74 Å². The summed E-state index contributed by atoms with van der Waals surface area (Å²) in [5.41, 5.74) is 8.90. The molecule has 0 aliphatic carbocycles. The largest absolute Gasteiger partial charge is 0.496 e. The van der Waals surface area contributed by atoms with Gasteiger partial charge >= 0.3 is 0 Å². The van der Waals surface area contributed by atoms with Gasteiger partial charge in [0.25, 0.3) is 0 Å². The van der Waals surface area contributed by atoms with Crippen molar-refractivity contribution in [2.45, 2.75) is 38.4 Å². The normalized spacial score (nSPS) is 13.9. The first kappa shape index (κ1) is 16.5. The van der Waals surface area contributed by atoms with E-state index in [4.69, 9.17) is 10.5 Å². The van der Waals surface area contributed by atoms with E-state index in [1.165, 1.54) is 5.56 Å². The van der Waals surface area contributed by atoms with E-state index < -0.39 is 0 Å². The Hall–Kier alpha value is -1.84. The quantitative estimate of drug-likeness (QED) is 0.824. The van der Waals surface area contributed by atoms with Crippen LogP contribution in [0.4, 0.5) is 0 Å². The van der Waals surface area contributed by atoms with Gasteiger partial charge in [-0.3, -0.25) is 0 Å². The van der Waals surface area contributed by atoms with Crippen molar-refractivity contribution in [3.8, 4) is 5.75 Å². The molecule has 0 saturated carbocycles. The number of ether oxygens (including phenoxy) is 1. The standard InChI is InChI=1S/C19H26N2O/c1-14(2)21-19(15-9-5-4-6-10-15)17(20)13-16-11-7-8-12-18(16)22-3/h4-12,14,17,19,21H,13,20H2,1-3H3. The summed E-state index contributed by atoms with van der Waals surface area (Å²) in [7, 11) is 1.70. The van der Waals surface area contributed by atoms with Crippen LogP contribution in [0.1, 0.15) is 31.0 Å². The summed E-state index contributed by atoms with van der Waals surface area (Å²) < 4.78 is 5.44. The molecule has 0 heterocycles. The van der Waals surface area contributed by atoms with Crippen LogP contribution in [0.2, 0.25) is 0 Å². The first-order valence-electron chi connectivity index (χ1n) is 7.80. The van der Waals surface area contributed by atoms with E-state index in [2.05, 4.69) is 49.5 Å². The number of nitrogens with two attached hydrogens (primary N) is 1. The first-order chi connectivity index (χ1) is 10.6. The van der Waals surface area contributed by atoms with Gasteiger partial charge in [0.15, 0.2) is 0 Å². The van der Waals surface area contributed by atoms with Gasteiger partial charge in [-0.1, -0.05) is 62.4 Å². The summed E-state index contributed by atoms with van der Waals surface area (Å²) in [4.78, 5) is 0. The fraction of sp³-hybridized carbons (Fsp3) is 0.368. The Bertz CT molecular complexity index is 569. The lowest BCUT2D eigenvalue weighted by Crippen LogP contribution is -2.42. The predicted molar refractivity (Wildman–Crippen MR) is 92.1 cm³/mol. The summed E-state index contributed by atoms with van der Waals surface area (Å²) >= 11 is 0. The fourth-order valence-corrected chi connectivity index (χ4v) is 2.73. The Labute approximate surface area is 133 Å². The zero-order valence-corrected chi connectivity index (χ0v) is 13.6. The van der Waals surface area contributed by atoms with Gasteiger partial charge in [0.05, 0.1) is 7.11 Å². The molecule has 0 aromatic heterocycles. The molecule has 0 spiro atoms. The first-order valence-corrected chi connectivity index (χ1v) is 7.80. The molecule has 3 nitrogen and oxygen atoms in total. The van der Waals surface area contributed by atoms with Crippen LogP contribution < -0.4 is 15.8 Å². The lowest BCUT2D eigenvalue weighted by molar-refractivity contribution is 0.388. The second kappa shape index (κ2) is 7.97. The molecule has 22 heavy (non-hydrogen) atoms. The monoisotopic (exact) mass is 298 g/mol. The maximum Gasteiger partial charge on any atom is 0.122 e. The molecule has 0 fully saturated rings. The van der Waals surface area contributed by atoms with Gasteiger partial charge in [0.1, 0.15) is 5.75 Å². The highest BCUT2D eigenvalue weighted by Gasteiger charge is 2.21. The fourth-order valence-electron chi connectivity index (χ4n) is 2.73. The minimum atomic E-state index is -0.0268. The Morgan fingerprint density at radius 2 is 1.64 bits per heavy atom. The zero-order valence-electron chi connectivity index (χ0n) is 13.6. The van der Waals surface area contributed by atoms with Crippen molar-refractivity contribution in [3.63, 3.8) is 0 Å². The molecule has 2 atom stereocenters. The molecule has 0 saturated heterocycles. The third kappa shape index (κ3) is 4.33. The van der Waals surface area contributed by atoms with E-state index in [1.54, 1.807) is 7.11 Å². The summed E-state index contributed by atoms with van der Waals surface area (Å²) in [5.74, 6) is 0.898. The smallest absolute Gasteiger partial charge is 0.122 e. The molecule has 0 amide bonds. The molecule has 0 aliphatic rings. The summed E-state index contributed by atoms with van der Waals surface area (Å²) in [5, 5.41) is 3.59. The van der Waals surface area contributed by atoms with Crippen LogP contribution in [0.25, 0.3) is 0 Å². The summed E-state index contributed by atoms with van der Waals surface area (Å²) in [6.45, 7) is 4.29. The second-order valence-corrected chi connectivity index (χ2v) is 5.89. The van der Waals surface area contributed by atoms with E-state index in [0.717, 1.165) is 17.7 Å². The third-order valence-electron chi connectivity index (χ3n) is 3.75. The van der Waals surface area contributed by atoms with Gasteiger partial charge < -0.3 is 15.8 Å².